The van der Waals surface area contributed by atoms with Gasteiger partial charge in [-0.1, -0.05) is 24.3 Å². The largest absolute Gasteiger partial charge is 0.321 e. The van der Waals surface area contributed by atoms with Gasteiger partial charge in [0.25, 0.3) is 5.69 Å². The van der Waals surface area contributed by atoms with Gasteiger partial charge in [-0.3, -0.25) is 10.1 Å². The fraction of sp³-hybridized carbons (Fsp3) is 0.273. The molecule has 0 atom stereocenters. The molecule has 0 saturated carbocycles. The van der Waals surface area contributed by atoms with Gasteiger partial charge in [0.1, 0.15) is 0 Å². The summed E-state index contributed by atoms with van der Waals surface area (Å²) in [4.78, 5) is 10.2. The molecular weight excluding hydrogens is 192 g/mol. The normalized spacial score (nSPS) is 17.9. The second kappa shape index (κ2) is 3.47. The van der Waals surface area contributed by atoms with Gasteiger partial charge < -0.3 is 5.73 Å². The van der Waals surface area contributed by atoms with E-state index in [9.17, 15) is 10.1 Å². The van der Waals surface area contributed by atoms with Crippen LogP contribution in [-0.2, 0) is 5.54 Å². The summed E-state index contributed by atoms with van der Waals surface area (Å²) in [5.74, 6) is 0. The molecule has 0 spiro atoms. The molecule has 0 radical (unpaired) electrons. The first-order valence-corrected chi connectivity index (χ1v) is 4.81. The highest BCUT2D eigenvalue weighted by Gasteiger charge is 2.29. The van der Waals surface area contributed by atoms with Crippen LogP contribution in [0.2, 0.25) is 0 Å². The van der Waals surface area contributed by atoms with Crippen LogP contribution in [0, 0.1) is 10.1 Å². The molecular formula is C11H12N2O2. The second-order valence-corrected chi connectivity index (χ2v) is 3.84. The van der Waals surface area contributed by atoms with Crippen molar-refractivity contribution < 1.29 is 4.92 Å². The molecule has 0 unspecified atom stereocenters. The number of hydrogen-bond acceptors (Lipinski definition) is 3. The van der Waals surface area contributed by atoms with Crippen molar-refractivity contribution in [2.45, 2.75) is 18.4 Å². The van der Waals surface area contributed by atoms with E-state index in [1.165, 1.54) is 6.07 Å². The molecule has 0 bridgehead atoms. The van der Waals surface area contributed by atoms with Crippen molar-refractivity contribution in [1.29, 1.82) is 0 Å². The Bertz CT molecular complexity index is 418. The van der Waals surface area contributed by atoms with Gasteiger partial charge in [0.15, 0.2) is 0 Å². The zero-order chi connectivity index (χ0) is 10.9. The van der Waals surface area contributed by atoms with Crippen LogP contribution in [0.3, 0.4) is 0 Å². The molecule has 0 amide bonds. The Morgan fingerprint density at radius 3 is 2.60 bits per heavy atom. The first-order chi connectivity index (χ1) is 7.12. The first kappa shape index (κ1) is 9.86. The summed E-state index contributed by atoms with van der Waals surface area (Å²) in [7, 11) is 0. The molecule has 1 aliphatic carbocycles. The minimum Gasteiger partial charge on any atom is -0.321 e. The molecule has 78 valence electrons. The first-order valence-electron chi connectivity index (χ1n) is 4.81. The average Bonchev–Trinajstić information content (AvgIpc) is 2.67. The quantitative estimate of drug-likeness (QED) is 0.455. The Kier molecular flexibility index (Phi) is 2.28. The number of nitrogens with zero attached hydrogens (tertiary/aromatic N) is 1. The fourth-order valence-electron chi connectivity index (χ4n) is 1.84. The number of rotatable bonds is 2. The molecule has 1 aromatic carbocycles. The maximum absolute atomic E-state index is 10.6. The summed E-state index contributed by atoms with van der Waals surface area (Å²) in [5, 5.41) is 10.6. The molecule has 0 aliphatic heterocycles. The van der Waals surface area contributed by atoms with Crippen LogP contribution in [0.1, 0.15) is 18.4 Å². The Morgan fingerprint density at radius 2 is 2.00 bits per heavy atom. The van der Waals surface area contributed by atoms with Gasteiger partial charge >= 0.3 is 0 Å². The van der Waals surface area contributed by atoms with Gasteiger partial charge in [0.05, 0.1) is 4.92 Å². The molecule has 4 heteroatoms. The molecule has 0 heterocycles. The maximum Gasteiger partial charge on any atom is 0.269 e. The number of benzene rings is 1. The molecule has 4 nitrogen and oxygen atoms in total. The molecule has 0 saturated heterocycles. The van der Waals surface area contributed by atoms with E-state index in [1.807, 2.05) is 18.2 Å². The van der Waals surface area contributed by atoms with E-state index in [1.54, 1.807) is 12.1 Å². The van der Waals surface area contributed by atoms with E-state index >= 15 is 0 Å². The molecule has 1 aliphatic rings. The molecule has 0 fully saturated rings. The SMILES string of the molecule is NC1(c2cccc([N+](=O)[O-])c2)CC=CC1. The lowest BCUT2D eigenvalue weighted by Gasteiger charge is -2.23. The Hall–Kier alpha value is -1.68. The Balaban J connectivity index is 2.36. The summed E-state index contributed by atoms with van der Waals surface area (Å²) >= 11 is 0. The standard InChI is InChI=1S/C11H12N2O2/c12-11(6-1-2-7-11)9-4-3-5-10(8-9)13(14)15/h1-5,8H,6-7,12H2. The van der Waals surface area contributed by atoms with Gasteiger partial charge in [-0.25, -0.2) is 0 Å². The monoisotopic (exact) mass is 204 g/mol. The maximum atomic E-state index is 10.6. The number of hydrogen-bond donors (Lipinski definition) is 1. The molecule has 2 rings (SSSR count). The lowest BCUT2D eigenvalue weighted by atomic mass is 9.88. The average molecular weight is 204 g/mol. The minimum absolute atomic E-state index is 0.101. The van der Waals surface area contributed by atoms with Crippen LogP contribution >= 0.6 is 0 Å². The van der Waals surface area contributed by atoms with E-state index in [-0.39, 0.29) is 5.69 Å². The third-order valence-corrected chi connectivity index (χ3v) is 2.76. The Morgan fingerprint density at radius 1 is 1.33 bits per heavy atom. The van der Waals surface area contributed by atoms with Crippen molar-refractivity contribution in [3.05, 3.63) is 52.1 Å². The number of non-ortho nitro benzene ring substituents is 1. The third-order valence-electron chi connectivity index (χ3n) is 2.76. The second-order valence-electron chi connectivity index (χ2n) is 3.84. The highest BCUT2D eigenvalue weighted by atomic mass is 16.6. The zero-order valence-electron chi connectivity index (χ0n) is 8.22. The minimum atomic E-state index is -0.452. The van der Waals surface area contributed by atoms with Gasteiger partial charge in [0.2, 0.25) is 0 Å². The number of nitro groups is 1. The number of nitrogens with two attached hydrogens (primary N) is 1. The van der Waals surface area contributed by atoms with Gasteiger partial charge in [0, 0.05) is 17.7 Å². The van der Waals surface area contributed by atoms with Gasteiger partial charge in [-0.05, 0) is 18.4 Å². The summed E-state index contributed by atoms with van der Waals surface area (Å²) in [6.45, 7) is 0. The van der Waals surface area contributed by atoms with E-state index in [4.69, 9.17) is 5.73 Å². The van der Waals surface area contributed by atoms with Crippen LogP contribution in [0.25, 0.3) is 0 Å². The van der Waals surface area contributed by atoms with Crippen molar-refractivity contribution in [1.82, 2.24) is 0 Å². The van der Waals surface area contributed by atoms with Crippen molar-refractivity contribution in [3.63, 3.8) is 0 Å². The van der Waals surface area contributed by atoms with Crippen molar-refractivity contribution in [3.8, 4) is 0 Å². The lowest BCUT2D eigenvalue weighted by Crippen LogP contribution is -2.33. The summed E-state index contributed by atoms with van der Waals surface area (Å²) < 4.78 is 0. The number of nitro benzene ring substituents is 1. The lowest BCUT2D eigenvalue weighted by molar-refractivity contribution is -0.385. The fourth-order valence-corrected chi connectivity index (χ4v) is 1.84. The van der Waals surface area contributed by atoms with Crippen LogP contribution in [-0.4, -0.2) is 4.92 Å². The third kappa shape index (κ3) is 1.76. The smallest absolute Gasteiger partial charge is 0.269 e. The summed E-state index contributed by atoms with van der Waals surface area (Å²) in [5.41, 5.74) is 6.65. The molecule has 0 aromatic heterocycles. The Labute approximate surface area is 87.6 Å². The molecule has 2 N–H and O–H groups in total. The molecule has 15 heavy (non-hydrogen) atoms. The summed E-state index contributed by atoms with van der Waals surface area (Å²) in [6, 6.07) is 6.57. The van der Waals surface area contributed by atoms with Crippen LogP contribution in [0.5, 0.6) is 0 Å². The zero-order valence-corrected chi connectivity index (χ0v) is 8.22. The van der Waals surface area contributed by atoms with E-state index in [2.05, 4.69) is 0 Å². The summed E-state index contributed by atoms with van der Waals surface area (Å²) in [6.07, 6.45) is 5.51. The predicted octanol–water partition coefficient (Wildman–Crippen LogP) is 2.10. The van der Waals surface area contributed by atoms with E-state index in [0.29, 0.717) is 0 Å². The highest BCUT2D eigenvalue weighted by molar-refractivity contribution is 5.39. The van der Waals surface area contributed by atoms with Crippen LogP contribution in [0.15, 0.2) is 36.4 Å². The van der Waals surface area contributed by atoms with Gasteiger partial charge in [-0.2, -0.15) is 0 Å². The van der Waals surface area contributed by atoms with E-state index in [0.717, 1.165) is 18.4 Å². The van der Waals surface area contributed by atoms with Gasteiger partial charge in [-0.15, -0.1) is 0 Å². The van der Waals surface area contributed by atoms with E-state index < -0.39 is 10.5 Å². The van der Waals surface area contributed by atoms with Crippen molar-refractivity contribution in [2.24, 2.45) is 5.73 Å². The predicted molar refractivity (Wildman–Crippen MR) is 57.3 cm³/mol. The topological polar surface area (TPSA) is 69.2 Å². The van der Waals surface area contributed by atoms with Crippen LogP contribution in [0.4, 0.5) is 5.69 Å². The van der Waals surface area contributed by atoms with Crippen molar-refractivity contribution in [2.75, 3.05) is 0 Å². The van der Waals surface area contributed by atoms with Crippen molar-refractivity contribution >= 4 is 5.69 Å². The highest BCUT2D eigenvalue weighted by Crippen LogP contribution is 2.33. The van der Waals surface area contributed by atoms with Crippen LogP contribution < -0.4 is 5.73 Å². The molecule has 1 aromatic rings.